The van der Waals surface area contributed by atoms with E-state index in [1.165, 1.54) is 0 Å². The van der Waals surface area contributed by atoms with Crippen molar-refractivity contribution in [3.63, 3.8) is 0 Å². The van der Waals surface area contributed by atoms with Crippen LogP contribution in [0.4, 0.5) is 0 Å². The largest absolute Gasteiger partial charge is 0.486 e. The molecule has 0 bridgehead atoms. The van der Waals surface area contributed by atoms with Gasteiger partial charge in [0.25, 0.3) is 0 Å². The lowest BCUT2D eigenvalue weighted by molar-refractivity contribution is -0.136. The molecule has 2 aliphatic heterocycles. The molecule has 6 nitrogen and oxygen atoms in total. The van der Waals surface area contributed by atoms with Crippen LogP contribution >= 0.6 is 0 Å². The Kier molecular flexibility index (Phi) is 4.41. The predicted octanol–water partition coefficient (Wildman–Crippen LogP) is 1.11. The maximum absolute atomic E-state index is 12.6. The number of primary amides is 1. The molecule has 2 N–H and O–H groups in total. The number of nitrogens with zero attached hydrogens (tertiary/aromatic N) is 1. The molecule has 6 heteroatoms. The van der Waals surface area contributed by atoms with E-state index in [0.717, 1.165) is 18.4 Å². The standard InChI is InChI=1S/C17H22N2O4/c1-11-2-4-13(17(18)21)10-19(11)16(20)9-12-3-5-14-15(8-12)23-7-6-22-14/h3,5,8,11,13H,2,4,6-7,9-10H2,1H3,(H2,18,21)/t11-,13+/m1/s1. The quantitative estimate of drug-likeness (QED) is 0.905. The number of amides is 2. The van der Waals surface area contributed by atoms with E-state index in [-0.39, 0.29) is 30.2 Å². The summed E-state index contributed by atoms with van der Waals surface area (Å²) in [6.45, 7) is 3.50. The van der Waals surface area contributed by atoms with Crippen molar-refractivity contribution >= 4 is 11.8 Å². The number of benzene rings is 1. The lowest BCUT2D eigenvalue weighted by Gasteiger charge is -2.37. The van der Waals surface area contributed by atoms with E-state index in [9.17, 15) is 9.59 Å². The molecule has 0 aromatic heterocycles. The summed E-state index contributed by atoms with van der Waals surface area (Å²) >= 11 is 0. The smallest absolute Gasteiger partial charge is 0.227 e. The second-order valence-corrected chi connectivity index (χ2v) is 6.23. The number of fused-ring (bicyclic) bond motifs is 1. The van der Waals surface area contributed by atoms with E-state index in [0.29, 0.717) is 31.3 Å². The third-order valence-electron chi connectivity index (χ3n) is 4.57. The van der Waals surface area contributed by atoms with Crippen LogP contribution in [0.25, 0.3) is 0 Å². The molecule has 1 fully saturated rings. The van der Waals surface area contributed by atoms with Crippen molar-refractivity contribution in [2.75, 3.05) is 19.8 Å². The van der Waals surface area contributed by atoms with Crippen molar-refractivity contribution in [2.45, 2.75) is 32.2 Å². The Morgan fingerprint density at radius 1 is 1.22 bits per heavy atom. The molecule has 2 aliphatic rings. The summed E-state index contributed by atoms with van der Waals surface area (Å²) in [5, 5.41) is 0. The van der Waals surface area contributed by atoms with Gasteiger partial charge in [0.15, 0.2) is 11.5 Å². The monoisotopic (exact) mass is 318 g/mol. The number of carbonyl (C=O) groups is 2. The summed E-state index contributed by atoms with van der Waals surface area (Å²) in [4.78, 5) is 25.8. The van der Waals surface area contributed by atoms with Gasteiger partial charge >= 0.3 is 0 Å². The van der Waals surface area contributed by atoms with E-state index in [1.807, 2.05) is 25.1 Å². The topological polar surface area (TPSA) is 81.9 Å². The number of likely N-dealkylation sites (tertiary alicyclic amines) is 1. The number of hydrogen-bond acceptors (Lipinski definition) is 4. The number of ether oxygens (including phenoxy) is 2. The second-order valence-electron chi connectivity index (χ2n) is 6.23. The van der Waals surface area contributed by atoms with Gasteiger partial charge in [-0.3, -0.25) is 9.59 Å². The summed E-state index contributed by atoms with van der Waals surface area (Å²) in [6.07, 6.45) is 1.84. The van der Waals surface area contributed by atoms with Crippen molar-refractivity contribution in [3.05, 3.63) is 23.8 Å². The van der Waals surface area contributed by atoms with Crippen molar-refractivity contribution in [1.82, 2.24) is 4.90 Å². The van der Waals surface area contributed by atoms with E-state index in [1.54, 1.807) is 4.90 Å². The first-order chi connectivity index (χ1) is 11.0. The Bertz CT molecular complexity index is 617. The van der Waals surface area contributed by atoms with Gasteiger partial charge in [0.05, 0.1) is 12.3 Å². The van der Waals surface area contributed by atoms with Crippen LogP contribution in [-0.4, -0.2) is 42.5 Å². The minimum Gasteiger partial charge on any atom is -0.486 e. The van der Waals surface area contributed by atoms with Crippen LogP contribution in [0.1, 0.15) is 25.3 Å². The second kappa shape index (κ2) is 6.48. The van der Waals surface area contributed by atoms with Crippen molar-refractivity contribution in [1.29, 1.82) is 0 Å². The number of piperidine rings is 1. The Morgan fingerprint density at radius 3 is 2.70 bits per heavy atom. The molecule has 0 aliphatic carbocycles. The van der Waals surface area contributed by atoms with Crippen LogP contribution in [0.5, 0.6) is 11.5 Å². The molecule has 3 rings (SSSR count). The van der Waals surface area contributed by atoms with Gasteiger partial charge in [0.2, 0.25) is 11.8 Å². The molecule has 23 heavy (non-hydrogen) atoms. The van der Waals surface area contributed by atoms with E-state index >= 15 is 0 Å². The molecule has 2 atom stereocenters. The number of rotatable bonds is 3. The zero-order valence-electron chi connectivity index (χ0n) is 13.3. The first-order valence-corrected chi connectivity index (χ1v) is 8.02. The molecule has 2 amide bonds. The first kappa shape index (κ1) is 15.6. The van der Waals surface area contributed by atoms with Crippen molar-refractivity contribution < 1.29 is 19.1 Å². The normalized spacial score (nSPS) is 23.4. The van der Waals surface area contributed by atoms with Crippen molar-refractivity contribution in [2.24, 2.45) is 11.7 Å². The third-order valence-corrected chi connectivity index (χ3v) is 4.57. The number of carbonyl (C=O) groups excluding carboxylic acids is 2. The molecule has 0 saturated carbocycles. The van der Waals surface area contributed by atoms with Gasteiger partial charge < -0.3 is 20.1 Å². The van der Waals surface area contributed by atoms with Crippen LogP contribution in [0.15, 0.2) is 18.2 Å². The molecule has 0 radical (unpaired) electrons. The van der Waals surface area contributed by atoms with Gasteiger partial charge in [0.1, 0.15) is 13.2 Å². The maximum atomic E-state index is 12.6. The Labute approximate surface area is 135 Å². The van der Waals surface area contributed by atoms with Crippen LogP contribution in [0, 0.1) is 5.92 Å². The molecule has 2 heterocycles. The van der Waals surface area contributed by atoms with Gasteiger partial charge in [-0.05, 0) is 37.5 Å². The van der Waals surface area contributed by atoms with Crippen LogP contribution in [0.3, 0.4) is 0 Å². The summed E-state index contributed by atoms with van der Waals surface area (Å²) in [6, 6.07) is 5.71. The summed E-state index contributed by atoms with van der Waals surface area (Å²) < 4.78 is 11.0. The number of nitrogens with two attached hydrogens (primary N) is 1. The molecule has 1 aromatic rings. The highest BCUT2D eigenvalue weighted by Crippen LogP contribution is 2.31. The minimum atomic E-state index is -0.325. The summed E-state index contributed by atoms with van der Waals surface area (Å²) in [7, 11) is 0. The highest BCUT2D eigenvalue weighted by atomic mass is 16.6. The Hall–Kier alpha value is -2.24. The summed E-state index contributed by atoms with van der Waals surface area (Å²) in [5.41, 5.74) is 6.28. The van der Waals surface area contributed by atoms with Crippen LogP contribution in [0.2, 0.25) is 0 Å². The molecule has 124 valence electrons. The molecule has 0 spiro atoms. The van der Waals surface area contributed by atoms with Crippen LogP contribution < -0.4 is 15.2 Å². The number of hydrogen-bond donors (Lipinski definition) is 1. The molecular formula is C17H22N2O4. The maximum Gasteiger partial charge on any atom is 0.227 e. The average Bonchev–Trinajstić information content (AvgIpc) is 2.54. The zero-order valence-corrected chi connectivity index (χ0v) is 13.3. The fourth-order valence-electron chi connectivity index (χ4n) is 3.16. The predicted molar refractivity (Wildman–Crippen MR) is 84.2 cm³/mol. The summed E-state index contributed by atoms with van der Waals surface area (Å²) in [5.74, 6) is 0.848. The SMILES string of the molecule is C[C@@H]1CC[C@H](C(N)=O)CN1C(=O)Cc1ccc2c(c1)OCCO2. The molecular weight excluding hydrogens is 296 g/mol. The fourth-order valence-corrected chi connectivity index (χ4v) is 3.16. The minimum absolute atomic E-state index is 0.0140. The lowest BCUT2D eigenvalue weighted by Crippen LogP contribution is -2.49. The Balaban J connectivity index is 1.69. The molecule has 0 unspecified atom stereocenters. The van der Waals surface area contributed by atoms with Crippen LogP contribution in [-0.2, 0) is 16.0 Å². The van der Waals surface area contributed by atoms with Gasteiger partial charge in [-0.25, -0.2) is 0 Å². The highest BCUT2D eigenvalue weighted by Gasteiger charge is 2.31. The van der Waals surface area contributed by atoms with Gasteiger partial charge in [-0.2, -0.15) is 0 Å². The van der Waals surface area contributed by atoms with Crippen molar-refractivity contribution in [3.8, 4) is 11.5 Å². The van der Waals surface area contributed by atoms with E-state index in [2.05, 4.69) is 0 Å². The van der Waals surface area contributed by atoms with E-state index < -0.39 is 0 Å². The Morgan fingerprint density at radius 2 is 1.96 bits per heavy atom. The van der Waals surface area contributed by atoms with Gasteiger partial charge in [-0.15, -0.1) is 0 Å². The highest BCUT2D eigenvalue weighted by molar-refractivity contribution is 5.82. The lowest BCUT2D eigenvalue weighted by atomic mass is 9.92. The molecule has 1 aromatic carbocycles. The zero-order chi connectivity index (χ0) is 16.4. The van der Waals surface area contributed by atoms with Gasteiger partial charge in [-0.1, -0.05) is 6.07 Å². The molecule has 1 saturated heterocycles. The van der Waals surface area contributed by atoms with Gasteiger partial charge in [0, 0.05) is 12.6 Å². The fraction of sp³-hybridized carbons (Fsp3) is 0.529. The average molecular weight is 318 g/mol. The third kappa shape index (κ3) is 3.41. The first-order valence-electron chi connectivity index (χ1n) is 8.02. The van der Waals surface area contributed by atoms with E-state index in [4.69, 9.17) is 15.2 Å².